The molecule has 32 heavy (non-hydrogen) atoms. The number of carbonyl (C=O) groups is 2. The van der Waals surface area contributed by atoms with Crippen LogP contribution >= 0.6 is 11.3 Å². The summed E-state index contributed by atoms with van der Waals surface area (Å²) in [4.78, 5) is 27.5. The SMILES string of the molecule is CC1Cc2cc(/C(O)=C3/C(=O)C(=O)N(c4cc(F)ccc4F)C3c3cccs3)ccc2O1. The number of amides is 1. The van der Waals surface area contributed by atoms with Gasteiger partial charge >= 0.3 is 0 Å². The van der Waals surface area contributed by atoms with E-state index in [0.717, 1.165) is 28.7 Å². The molecule has 1 fully saturated rings. The van der Waals surface area contributed by atoms with Crippen molar-refractivity contribution in [1.29, 1.82) is 0 Å². The van der Waals surface area contributed by atoms with E-state index in [1.807, 2.05) is 6.92 Å². The summed E-state index contributed by atoms with van der Waals surface area (Å²) in [7, 11) is 0. The number of nitrogens with zero attached hydrogens (tertiary/aromatic N) is 1. The van der Waals surface area contributed by atoms with Crippen LogP contribution in [-0.2, 0) is 16.0 Å². The number of aliphatic hydroxyl groups excluding tert-OH is 1. The zero-order valence-corrected chi connectivity index (χ0v) is 17.7. The largest absolute Gasteiger partial charge is 0.507 e. The van der Waals surface area contributed by atoms with Crippen molar-refractivity contribution in [2.24, 2.45) is 0 Å². The molecule has 2 atom stereocenters. The Morgan fingerprint density at radius 3 is 2.72 bits per heavy atom. The maximum atomic E-state index is 14.6. The molecule has 5 nitrogen and oxygen atoms in total. The van der Waals surface area contributed by atoms with Crippen molar-refractivity contribution in [1.82, 2.24) is 0 Å². The van der Waals surface area contributed by atoms with Gasteiger partial charge in [-0.15, -0.1) is 11.3 Å². The molecule has 0 radical (unpaired) electrons. The van der Waals surface area contributed by atoms with E-state index < -0.39 is 29.4 Å². The summed E-state index contributed by atoms with van der Waals surface area (Å²) < 4.78 is 34.2. The van der Waals surface area contributed by atoms with Gasteiger partial charge in [0.1, 0.15) is 35.3 Å². The lowest BCUT2D eigenvalue weighted by Gasteiger charge is -2.24. The Kier molecular flexibility index (Phi) is 4.82. The van der Waals surface area contributed by atoms with Gasteiger partial charge < -0.3 is 9.84 Å². The number of Topliss-reactive ketones (excluding diaryl/α,β-unsaturated/α-hetero) is 1. The van der Waals surface area contributed by atoms with E-state index in [0.29, 0.717) is 22.6 Å². The minimum Gasteiger partial charge on any atom is -0.507 e. The fourth-order valence-electron chi connectivity index (χ4n) is 4.19. The fraction of sp³-hybridized carbons (Fsp3) is 0.167. The highest BCUT2D eigenvalue weighted by Crippen LogP contribution is 2.44. The van der Waals surface area contributed by atoms with Crippen molar-refractivity contribution in [3.8, 4) is 5.75 Å². The third-order valence-corrected chi connectivity index (χ3v) is 6.52. The monoisotopic (exact) mass is 453 g/mol. The van der Waals surface area contributed by atoms with E-state index in [9.17, 15) is 23.5 Å². The van der Waals surface area contributed by atoms with Gasteiger partial charge in [-0.25, -0.2) is 8.78 Å². The number of thiophene rings is 1. The predicted octanol–water partition coefficient (Wildman–Crippen LogP) is 4.98. The van der Waals surface area contributed by atoms with E-state index in [4.69, 9.17) is 4.74 Å². The first-order valence-corrected chi connectivity index (χ1v) is 10.8. The quantitative estimate of drug-likeness (QED) is 0.345. The molecule has 8 heteroatoms. The van der Waals surface area contributed by atoms with E-state index in [-0.39, 0.29) is 23.1 Å². The van der Waals surface area contributed by atoms with Gasteiger partial charge in [-0.05, 0) is 54.3 Å². The smallest absolute Gasteiger partial charge is 0.300 e. The molecule has 1 N–H and O–H groups in total. The summed E-state index contributed by atoms with van der Waals surface area (Å²) in [5.41, 5.74) is 0.689. The predicted molar refractivity (Wildman–Crippen MR) is 116 cm³/mol. The summed E-state index contributed by atoms with van der Waals surface area (Å²) in [6, 6.07) is 10.0. The Bertz CT molecular complexity index is 1290. The molecule has 1 saturated heterocycles. The van der Waals surface area contributed by atoms with E-state index in [1.54, 1.807) is 35.7 Å². The second-order valence-corrected chi connectivity index (χ2v) is 8.71. The molecule has 2 aromatic carbocycles. The van der Waals surface area contributed by atoms with Crippen molar-refractivity contribution in [3.63, 3.8) is 0 Å². The zero-order valence-electron chi connectivity index (χ0n) is 16.8. The summed E-state index contributed by atoms with van der Waals surface area (Å²) in [6.07, 6.45) is 0.642. The molecule has 2 aliphatic heterocycles. The first kappa shape index (κ1) is 20.4. The summed E-state index contributed by atoms with van der Waals surface area (Å²) in [5, 5.41) is 12.9. The van der Waals surface area contributed by atoms with Crippen molar-refractivity contribution >= 4 is 34.5 Å². The van der Waals surface area contributed by atoms with Crippen LogP contribution in [0.25, 0.3) is 5.76 Å². The molecule has 5 rings (SSSR count). The van der Waals surface area contributed by atoms with E-state index in [2.05, 4.69) is 0 Å². The van der Waals surface area contributed by atoms with Gasteiger partial charge in [-0.2, -0.15) is 0 Å². The highest BCUT2D eigenvalue weighted by molar-refractivity contribution is 7.10. The average molecular weight is 453 g/mol. The standard InChI is InChI=1S/C24H17F2NO4S/c1-12-9-14-10-13(4-7-18(14)31-12)22(28)20-21(19-3-2-8-32-19)27(24(30)23(20)29)17-11-15(25)5-6-16(17)26/h2-8,10-12,21,28H,9H2,1H3/b22-20-. The Morgan fingerprint density at radius 1 is 1.16 bits per heavy atom. The van der Waals surface area contributed by atoms with Gasteiger partial charge in [0, 0.05) is 22.9 Å². The fourth-order valence-corrected chi connectivity index (χ4v) is 5.02. The molecule has 3 aromatic rings. The minimum absolute atomic E-state index is 0.00459. The number of ketones is 1. The normalized spacial score (nSPS) is 21.7. The maximum Gasteiger partial charge on any atom is 0.300 e. The summed E-state index contributed by atoms with van der Waals surface area (Å²) >= 11 is 1.24. The Morgan fingerprint density at radius 2 is 1.97 bits per heavy atom. The Balaban J connectivity index is 1.69. The van der Waals surface area contributed by atoms with Crippen LogP contribution in [0, 0.1) is 11.6 Å². The van der Waals surface area contributed by atoms with Crippen LogP contribution in [0.2, 0.25) is 0 Å². The summed E-state index contributed by atoms with van der Waals surface area (Å²) in [5.74, 6) is -3.27. The third kappa shape index (κ3) is 3.18. The minimum atomic E-state index is -1.09. The number of carbonyl (C=O) groups excluding carboxylic acids is 2. The van der Waals surface area contributed by atoms with Gasteiger partial charge in [-0.3, -0.25) is 14.5 Å². The maximum absolute atomic E-state index is 14.6. The van der Waals surface area contributed by atoms with Gasteiger partial charge in [0.15, 0.2) is 0 Å². The third-order valence-electron chi connectivity index (χ3n) is 5.59. The van der Waals surface area contributed by atoms with Gasteiger partial charge in [0.2, 0.25) is 0 Å². The van der Waals surface area contributed by atoms with Gasteiger partial charge in [-0.1, -0.05) is 6.07 Å². The molecule has 3 heterocycles. The molecule has 0 saturated carbocycles. The molecular weight excluding hydrogens is 436 g/mol. The highest BCUT2D eigenvalue weighted by atomic mass is 32.1. The first-order chi connectivity index (χ1) is 15.3. The van der Waals surface area contributed by atoms with Gasteiger partial charge in [0.25, 0.3) is 11.7 Å². The number of halogens is 2. The number of fused-ring (bicyclic) bond motifs is 1. The van der Waals surface area contributed by atoms with Crippen LogP contribution in [0.3, 0.4) is 0 Å². The molecule has 2 aliphatic rings. The Labute approximate surface area is 186 Å². The lowest BCUT2D eigenvalue weighted by atomic mass is 9.98. The molecular formula is C24H17F2NO4S. The lowest BCUT2D eigenvalue weighted by molar-refractivity contribution is -0.132. The lowest BCUT2D eigenvalue weighted by Crippen LogP contribution is -2.30. The number of benzene rings is 2. The average Bonchev–Trinajstić information content (AvgIpc) is 3.47. The number of rotatable bonds is 3. The highest BCUT2D eigenvalue weighted by Gasteiger charge is 2.48. The number of hydrogen-bond acceptors (Lipinski definition) is 5. The number of ether oxygens (including phenoxy) is 1. The first-order valence-electron chi connectivity index (χ1n) is 9.94. The van der Waals surface area contributed by atoms with Crippen LogP contribution in [0.1, 0.15) is 29.0 Å². The van der Waals surface area contributed by atoms with E-state index in [1.165, 1.54) is 11.3 Å². The van der Waals surface area contributed by atoms with Crippen molar-refractivity contribution in [3.05, 3.63) is 87.1 Å². The van der Waals surface area contributed by atoms with Gasteiger partial charge in [0.05, 0.1) is 11.3 Å². The van der Waals surface area contributed by atoms with Crippen molar-refractivity contribution in [2.45, 2.75) is 25.5 Å². The van der Waals surface area contributed by atoms with E-state index >= 15 is 0 Å². The van der Waals surface area contributed by atoms with Crippen LogP contribution in [0.4, 0.5) is 14.5 Å². The number of anilines is 1. The Hall–Kier alpha value is -3.52. The molecule has 162 valence electrons. The molecule has 0 spiro atoms. The second-order valence-electron chi connectivity index (χ2n) is 7.74. The molecule has 0 bridgehead atoms. The topological polar surface area (TPSA) is 66.8 Å². The van der Waals surface area contributed by atoms with Crippen molar-refractivity contribution < 1.29 is 28.2 Å². The van der Waals surface area contributed by atoms with Crippen LogP contribution in [-0.4, -0.2) is 22.9 Å². The summed E-state index contributed by atoms with van der Waals surface area (Å²) in [6.45, 7) is 1.93. The molecule has 1 aromatic heterocycles. The van der Waals surface area contributed by atoms with Crippen LogP contribution < -0.4 is 9.64 Å². The number of aliphatic hydroxyl groups is 1. The van der Waals surface area contributed by atoms with Crippen LogP contribution in [0.5, 0.6) is 5.75 Å². The zero-order chi connectivity index (χ0) is 22.6. The molecule has 0 aliphatic carbocycles. The number of hydrogen-bond donors (Lipinski definition) is 1. The molecule has 2 unspecified atom stereocenters. The van der Waals surface area contributed by atoms with Crippen LogP contribution in [0.15, 0.2) is 59.5 Å². The van der Waals surface area contributed by atoms with Crippen molar-refractivity contribution in [2.75, 3.05) is 4.90 Å². The molecule has 1 amide bonds. The second kappa shape index (κ2) is 7.56.